The van der Waals surface area contributed by atoms with Gasteiger partial charge in [0.15, 0.2) is 0 Å². The summed E-state index contributed by atoms with van der Waals surface area (Å²) in [5, 5.41) is 18.9. The summed E-state index contributed by atoms with van der Waals surface area (Å²) in [4.78, 5) is 4.21. The number of benzene rings is 1. The van der Waals surface area contributed by atoms with E-state index >= 15 is 0 Å². The molecule has 19 heavy (non-hydrogen) atoms. The minimum Gasteiger partial charge on any atom is -0.397 e. The van der Waals surface area contributed by atoms with Crippen LogP contribution in [-0.2, 0) is 0 Å². The number of aliphatic hydroxyl groups excluding tert-OH is 1. The van der Waals surface area contributed by atoms with Gasteiger partial charge in [0, 0.05) is 19.1 Å². The van der Waals surface area contributed by atoms with Crippen molar-refractivity contribution in [2.45, 2.75) is 18.6 Å². The van der Waals surface area contributed by atoms with Crippen molar-refractivity contribution in [1.82, 2.24) is 4.90 Å². The largest absolute Gasteiger partial charge is 0.397 e. The first-order chi connectivity index (χ1) is 9.01. The molecule has 0 spiro atoms. The highest BCUT2D eigenvalue weighted by molar-refractivity contribution is 5.70. The highest BCUT2D eigenvalue weighted by atomic mass is 16.3. The third-order valence-electron chi connectivity index (χ3n) is 3.44. The topological polar surface area (TPSA) is 76.5 Å². The van der Waals surface area contributed by atoms with E-state index in [1.165, 1.54) is 0 Å². The van der Waals surface area contributed by atoms with Gasteiger partial charge in [0.05, 0.1) is 29.1 Å². The van der Waals surface area contributed by atoms with E-state index in [-0.39, 0.29) is 12.1 Å². The molecule has 1 aromatic carbocycles. The van der Waals surface area contributed by atoms with Gasteiger partial charge in [0.2, 0.25) is 0 Å². The summed E-state index contributed by atoms with van der Waals surface area (Å²) in [6.45, 7) is 1.42. The van der Waals surface area contributed by atoms with Crippen LogP contribution < -0.4 is 10.6 Å². The van der Waals surface area contributed by atoms with Crippen LogP contribution in [0.4, 0.5) is 11.4 Å². The Kier molecular flexibility index (Phi) is 3.93. The summed E-state index contributed by atoms with van der Waals surface area (Å²) in [6.07, 6.45) is 0.393. The number of hydrogen-bond acceptors (Lipinski definition) is 5. The number of aliphatic hydroxyl groups is 1. The molecule has 1 saturated heterocycles. The van der Waals surface area contributed by atoms with Gasteiger partial charge in [-0.3, -0.25) is 0 Å². The Morgan fingerprint density at radius 1 is 1.53 bits per heavy atom. The van der Waals surface area contributed by atoms with Crippen LogP contribution >= 0.6 is 0 Å². The normalized spacial score (nSPS) is 22.8. The number of nitrogen functional groups attached to an aromatic ring is 1. The molecular formula is C14H20N4O. The number of β-amino-alcohol motifs (C(OH)–C–C–N with tert-alkyl or cyclic N) is 1. The average Bonchev–Trinajstić information content (AvgIpc) is 2.70. The van der Waals surface area contributed by atoms with Gasteiger partial charge < -0.3 is 20.6 Å². The van der Waals surface area contributed by atoms with E-state index in [1.54, 1.807) is 18.2 Å². The summed E-state index contributed by atoms with van der Waals surface area (Å²) in [5.41, 5.74) is 8.11. The quantitative estimate of drug-likeness (QED) is 0.780. The lowest BCUT2D eigenvalue weighted by Gasteiger charge is -2.29. The van der Waals surface area contributed by atoms with Crippen molar-refractivity contribution in [3.8, 4) is 6.07 Å². The van der Waals surface area contributed by atoms with Gasteiger partial charge in [0.1, 0.15) is 0 Å². The Bertz CT molecular complexity index is 495. The molecule has 2 atom stereocenters. The van der Waals surface area contributed by atoms with Crippen LogP contribution in [0.2, 0.25) is 0 Å². The van der Waals surface area contributed by atoms with E-state index in [9.17, 15) is 5.11 Å². The Morgan fingerprint density at radius 3 is 2.89 bits per heavy atom. The zero-order valence-corrected chi connectivity index (χ0v) is 11.4. The maximum absolute atomic E-state index is 9.90. The molecule has 5 heteroatoms. The fraction of sp³-hybridized carbons (Fsp3) is 0.500. The maximum Gasteiger partial charge on any atom is 0.0992 e. The van der Waals surface area contributed by atoms with E-state index in [2.05, 4.69) is 15.9 Å². The number of nitriles is 1. The summed E-state index contributed by atoms with van der Waals surface area (Å²) < 4.78 is 0. The molecule has 1 aliphatic rings. The first-order valence-electron chi connectivity index (χ1n) is 6.40. The lowest BCUT2D eigenvalue weighted by Crippen LogP contribution is -2.38. The first kappa shape index (κ1) is 13.7. The van der Waals surface area contributed by atoms with Gasteiger partial charge in [0.25, 0.3) is 0 Å². The Labute approximate surface area is 113 Å². The summed E-state index contributed by atoms with van der Waals surface area (Å²) in [5.74, 6) is 0. The molecule has 102 valence electrons. The molecule has 0 aromatic heterocycles. The lowest BCUT2D eigenvalue weighted by molar-refractivity contribution is 0.191. The number of rotatable bonds is 3. The number of nitrogens with zero attached hydrogens (tertiary/aromatic N) is 3. The van der Waals surface area contributed by atoms with Crippen LogP contribution in [0, 0.1) is 11.3 Å². The number of anilines is 2. The molecular weight excluding hydrogens is 240 g/mol. The molecule has 0 aliphatic carbocycles. The van der Waals surface area contributed by atoms with Gasteiger partial charge in [-0.2, -0.15) is 5.26 Å². The predicted octanol–water partition coefficient (Wildman–Crippen LogP) is 0.642. The number of likely N-dealkylation sites (N-methyl/N-ethyl adjacent to an activating group) is 1. The van der Waals surface area contributed by atoms with Crippen LogP contribution in [0.15, 0.2) is 18.2 Å². The molecule has 3 N–H and O–H groups in total. The van der Waals surface area contributed by atoms with E-state index in [1.807, 2.05) is 14.1 Å². The highest BCUT2D eigenvalue weighted by Crippen LogP contribution is 2.31. The second kappa shape index (κ2) is 5.47. The Morgan fingerprint density at radius 2 is 2.26 bits per heavy atom. The minimum atomic E-state index is -0.338. The molecule has 0 saturated carbocycles. The fourth-order valence-electron chi connectivity index (χ4n) is 2.64. The molecule has 2 rings (SSSR count). The zero-order chi connectivity index (χ0) is 14.0. The van der Waals surface area contributed by atoms with Crippen molar-refractivity contribution < 1.29 is 5.11 Å². The molecule has 2 unspecified atom stereocenters. The third kappa shape index (κ3) is 2.98. The minimum absolute atomic E-state index is 0.223. The summed E-state index contributed by atoms with van der Waals surface area (Å²) in [6, 6.07) is 7.62. The van der Waals surface area contributed by atoms with Crippen molar-refractivity contribution >= 4 is 11.4 Å². The van der Waals surface area contributed by atoms with Crippen molar-refractivity contribution in [3.63, 3.8) is 0 Å². The van der Waals surface area contributed by atoms with Crippen LogP contribution in [-0.4, -0.2) is 49.3 Å². The predicted molar refractivity (Wildman–Crippen MR) is 75.9 cm³/mol. The molecule has 0 amide bonds. The standard InChI is InChI=1S/C14H20N4O/c1-17(2)8-11-6-12(19)9-18(11)14-5-10(7-15)3-4-13(14)16/h3-5,11-12,19H,6,8-9,16H2,1-2H3. The first-order valence-corrected chi connectivity index (χ1v) is 6.40. The fourth-order valence-corrected chi connectivity index (χ4v) is 2.64. The second-order valence-corrected chi connectivity index (χ2v) is 5.34. The van der Waals surface area contributed by atoms with E-state index < -0.39 is 0 Å². The SMILES string of the molecule is CN(C)CC1CC(O)CN1c1cc(C#N)ccc1N. The second-order valence-electron chi connectivity index (χ2n) is 5.34. The third-order valence-corrected chi connectivity index (χ3v) is 3.44. The summed E-state index contributed by atoms with van der Waals surface area (Å²) >= 11 is 0. The highest BCUT2D eigenvalue weighted by Gasteiger charge is 2.32. The lowest BCUT2D eigenvalue weighted by atomic mass is 10.1. The van der Waals surface area contributed by atoms with Gasteiger partial charge in [-0.25, -0.2) is 0 Å². The molecule has 0 radical (unpaired) electrons. The smallest absolute Gasteiger partial charge is 0.0992 e. The van der Waals surface area contributed by atoms with Crippen LogP contribution in [0.3, 0.4) is 0 Å². The van der Waals surface area contributed by atoms with E-state index in [0.717, 1.165) is 18.7 Å². The van der Waals surface area contributed by atoms with E-state index in [0.29, 0.717) is 17.8 Å². The van der Waals surface area contributed by atoms with Gasteiger partial charge in [-0.15, -0.1) is 0 Å². The van der Waals surface area contributed by atoms with Crippen LogP contribution in [0.25, 0.3) is 0 Å². The Hall–Kier alpha value is -1.77. The van der Waals surface area contributed by atoms with Crippen LogP contribution in [0.5, 0.6) is 0 Å². The molecule has 1 heterocycles. The monoisotopic (exact) mass is 260 g/mol. The number of nitrogens with two attached hydrogens (primary N) is 1. The van der Waals surface area contributed by atoms with E-state index in [4.69, 9.17) is 11.0 Å². The maximum atomic E-state index is 9.90. The summed E-state index contributed by atoms with van der Waals surface area (Å²) in [7, 11) is 4.02. The van der Waals surface area contributed by atoms with Crippen molar-refractivity contribution in [1.29, 1.82) is 5.26 Å². The molecule has 0 bridgehead atoms. The zero-order valence-electron chi connectivity index (χ0n) is 11.4. The van der Waals surface area contributed by atoms with Gasteiger partial charge >= 0.3 is 0 Å². The van der Waals surface area contributed by atoms with Crippen molar-refractivity contribution in [2.24, 2.45) is 0 Å². The Balaban J connectivity index is 2.31. The van der Waals surface area contributed by atoms with Gasteiger partial charge in [-0.1, -0.05) is 0 Å². The van der Waals surface area contributed by atoms with Gasteiger partial charge in [-0.05, 0) is 38.7 Å². The van der Waals surface area contributed by atoms with Crippen LogP contribution in [0.1, 0.15) is 12.0 Å². The molecule has 1 aliphatic heterocycles. The number of hydrogen-bond donors (Lipinski definition) is 2. The molecule has 1 aromatic rings. The molecule has 5 nitrogen and oxygen atoms in total. The average molecular weight is 260 g/mol. The van der Waals surface area contributed by atoms with Crippen molar-refractivity contribution in [2.75, 3.05) is 37.8 Å². The van der Waals surface area contributed by atoms with Crippen molar-refractivity contribution in [3.05, 3.63) is 23.8 Å². The molecule has 1 fully saturated rings.